The van der Waals surface area contributed by atoms with Crippen LogP contribution in [0.1, 0.15) is 11.1 Å². The van der Waals surface area contributed by atoms with Crippen LogP contribution in [0.4, 0.5) is 8.78 Å². The normalized spacial score (nSPS) is 11.4. The summed E-state index contributed by atoms with van der Waals surface area (Å²) >= 11 is 5.89. The number of ether oxygens (including phenoxy) is 1. The zero-order chi connectivity index (χ0) is 15.3. The van der Waals surface area contributed by atoms with Gasteiger partial charge >= 0.3 is 5.92 Å². The summed E-state index contributed by atoms with van der Waals surface area (Å²) in [5.74, 6) is -2.67. The van der Waals surface area contributed by atoms with Crippen molar-refractivity contribution < 1.29 is 13.5 Å². The van der Waals surface area contributed by atoms with Gasteiger partial charge < -0.3 is 10.5 Å². The molecular formula is C16H16ClF2NO. The van der Waals surface area contributed by atoms with E-state index in [1.54, 1.807) is 36.4 Å². The number of rotatable bonds is 6. The van der Waals surface area contributed by atoms with Crippen molar-refractivity contribution in [1.82, 2.24) is 0 Å². The van der Waals surface area contributed by atoms with Crippen LogP contribution < -0.4 is 10.5 Å². The maximum atomic E-state index is 14.1. The Hall–Kier alpha value is -1.65. The molecule has 2 nitrogen and oxygen atoms in total. The fraction of sp³-hybridized carbons (Fsp3) is 0.250. The van der Waals surface area contributed by atoms with Crippen LogP contribution >= 0.6 is 11.6 Å². The maximum Gasteiger partial charge on any atom is 0.306 e. The highest BCUT2D eigenvalue weighted by Gasteiger charge is 2.32. The summed E-state index contributed by atoms with van der Waals surface area (Å²) in [4.78, 5) is 0. The molecule has 0 radical (unpaired) electrons. The number of hydrogen-bond donors (Lipinski definition) is 1. The SMILES string of the molecule is NCCc1cc(Cl)ccc1OCC(F)(F)c1ccccc1. The van der Waals surface area contributed by atoms with Gasteiger partial charge in [-0.1, -0.05) is 41.9 Å². The van der Waals surface area contributed by atoms with Gasteiger partial charge in [0, 0.05) is 10.6 Å². The number of alkyl halides is 2. The Morgan fingerprint density at radius 2 is 1.81 bits per heavy atom. The monoisotopic (exact) mass is 311 g/mol. The van der Waals surface area contributed by atoms with Gasteiger partial charge in [-0.2, -0.15) is 8.78 Å². The highest BCUT2D eigenvalue weighted by molar-refractivity contribution is 6.30. The van der Waals surface area contributed by atoms with E-state index >= 15 is 0 Å². The van der Waals surface area contributed by atoms with Crippen LogP contribution in [0, 0.1) is 0 Å². The Morgan fingerprint density at radius 1 is 1.10 bits per heavy atom. The third kappa shape index (κ3) is 4.16. The lowest BCUT2D eigenvalue weighted by molar-refractivity contribution is -0.0469. The quantitative estimate of drug-likeness (QED) is 0.874. The van der Waals surface area contributed by atoms with Crippen LogP contribution in [0.3, 0.4) is 0 Å². The summed E-state index contributed by atoms with van der Waals surface area (Å²) in [5, 5.41) is 0.528. The van der Waals surface area contributed by atoms with Gasteiger partial charge in [-0.25, -0.2) is 0 Å². The van der Waals surface area contributed by atoms with Gasteiger partial charge in [0.25, 0.3) is 0 Å². The zero-order valence-electron chi connectivity index (χ0n) is 11.4. The van der Waals surface area contributed by atoms with Crippen LogP contribution in [-0.2, 0) is 12.3 Å². The summed E-state index contributed by atoms with van der Waals surface area (Å²) in [5.41, 5.74) is 6.17. The first-order chi connectivity index (χ1) is 10.0. The molecule has 5 heteroatoms. The molecule has 112 valence electrons. The molecule has 0 aromatic heterocycles. The minimum atomic E-state index is -3.05. The highest BCUT2D eigenvalue weighted by atomic mass is 35.5. The highest BCUT2D eigenvalue weighted by Crippen LogP contribution is 2.30. The molecule has 0 saturated carbocycles. The lowest BCUT2D eigenvalue weighted by Crippen LogP contribution is -2.23. The Morgan fingerprint density at radius 3 is 2.48 bits per heavy atom. The second-order valence-corrected chi connectivity index (χ2v) is 5.09. The lowest BCUT2D eigenvalue weighted by Gasteiger charge is -2.19. The number of halogens is 3. The summed E-state index contributed by atoms with van der Waals surface area (Å²) < 4.78 is 33.4. The van der Waals surface area contributed by atoms with Crippen molar-refractivity contribution in [2.75, 3.05) is 13.2 Å². The second kappa shape index (κ2) is 6.87. The molecule has 0 bridgehead atoms. The molecule has 0 unspecified atom stereocenters. The smallest absolute Gasteiger partial charge is 0.306 e. The average Bonchev–Trinajstić information content (AvgIpc) is 2.48. The minimum absolute atomic E-state index is 0.0701. The van der Waals surface area contributed by atoms with Gasteiger partial charge in [0.15, 0.2) is 6.61 Å². The lowest BCUT2D eigenvalue weighted by atomic mass is 10.1. The average molecular weight is 312 g/mol. The third-order valence-corrected chi connectivity index (χ3v) is 3.28. The Labute approximate surface area is 127 Å². The molecule has 0 atom stereocenters. The first-order valence-electron chi connectivity index (χ1n) is 6.57. The van der Waals surface area contributed by atoms with Crippen LogP contribution in [0.2, 0.25) is 5.02 Å². The molecule has 21 heavy (non-hydrogen) atoms. The molecule has 0 aliphatic carbocycles. The Kier molecular flexibility index (Phi) is 5.15. The Balaban J connectivity index is 2.12. The predicted octanol–water partition coefficient (Wildman–Crippen LogP) is 4.01. The van der Waals surface area contributed by atoms with E-state index in [9.17, 15) is 8.78 Å². The number of benzene rings is 2. The van der Waals surface area contributed by atoms with Gasteiger partial charge in [0.2, 0.25) is 0 Å². The van der Waals surface area contributed by atoms with Crippen molar-refractivity contribution in [3.8, 4) is 5.75 Å². The van der Waals surface area contributed by atoms with E-state index in [0.717, 1.165) is 5.56 Å². The number of hydrogen-bond acceptors (Lipinski definition) is 2. The fourth-order valence-electron chi connectivity index (χ4n) is 1.97. The van der Waals surface area contributed by atoms with E-state index in [1.807, 2.05) is 0 Å². The third-order valence-electron chi connectivity index (χ3n) is 3.04. The van der Waals surface area contributed by atoms with Crippen molar-refractivity contribution in [3.63, 3.8) is 0 Å². The maximum absolute atomic E-state index is 14.1. The van der Waals surface area contributed by atoms with Crippen LogP contribution in [0.15, 0.2) is 48.5 Å². The van der Waals surface area contributed by atoms with Gasteiger partial charge in [-0.15, -0.1) is 0 Å². The minimum Gasteiger partial charge on any atom is -0.487 e. The van der Waals surface area contributed by atoms with Gasteiger partial charge in [0.1, 0.15) is 5.75 Å². The van der Waals surface area contributed by atoms with Gasteiger partial charge in [0.05, 0.1) is 0 Å². The summed E-state index contributed by atoms with van der Waals surface area (Å²) in [6, 6.07) is 12.5. The van der Waals surface area contributed by atoms with E-state index < -0.39 is 12.5 Å². The Bertz CT molecular complexity index is 590. The predicted molar refractivity (Wildman–Crippen MR) is 80.0 cm³/mol. The molecule has 2 aromatic carbocycles. The van der Waals surface area contributed by atoms with Crippen LogP contribution in [-0.4, -0.2) is 13.2 Å². The topological polar surface area (TPSA) is 35.2 Å². The van der Waals surface area contributed by atoms with Crippen LogP contribution in [0.25, 0.3) is 0 Å². The molecule has 2 N–H and O–H groups in total. The standard InChI is InChI=1S/C16H16ClF2NO/c17-14-6-7-15(12(10-14)8-9-20)21-11-16(18,19)13-4-2-1-3-5-13/h1-7,10H,8-9,11,20H2. The largest absolute Gasteiger partial charge is 0.487 e. The van der Waals surface area contributed by atoms with Crippen molar-refractivity contribution in [3.05, 3.63) is 64.7 Å². The van der Waals surface area contributed by atoms with E-state index in [-0.39, 0.29) is 5.56 Å². The molecule has 0 fully saturated rings. The van der Waals surface area contributed by atoms with Crippen molar-refractivity contribution in [2.45, 2.75) is 12.3 Å². The molecule has 0 spiro atoms. The van der Waals surface area contributed by atoms with Gasteiger partial charge in [-0.05, 0) is 36.7 Å². The summed E-state index contributed by atoms with van der Waals surface area (Å²) in [7, 11) is 0. The fourth-order valence-corrected chi connectivity index (χ4v) is 2.17. The van der Waals surface area contributed by atoms with E-state index in [1.165, 1.54) is 12.1 Å². The zero-order valence-corrected chi connectivity index (χ0v) is 12.1. The molecule has 2 rings (SSSR count). The van der Waals surface area contributed by atoms with Crippen molar-refractivity contribution in [1.29, 1.82) is 0 Å². The second-order valence-electron chi connectivity index (χ2n) is 4.65. The van der Waals surface area contributed by atoms with Crippen molar-refractivity contribution >= 4 is 11.6 Å². The first-order valence-corrected chi connectivity index (χ1v) is 6.95. The molecule has 0 amide bonds. The van der Waals surface area contributed by atoms with E-state index in [4.69, 9.17) is 22.1 Å². The molecule has 0 aliphatic heterocycles. The number of nitrogens with two attached hydrogens (primary N) is 1. The molecular weight excluding hydrogens is 296 g/mol. The molecule has 2 aromatic rings. The summed E-state index contributed by atoms with van der Waals surface area (Å²) in [6.45, 7) is -0.331. The van der Waals surface area contributed by atoms with Crippen LogP contribution in [0.5, 0.6) is 5.75 Å². The van der Waals surface area contributed by atoms with E-state index in [2.05, 4.69) is 0 Å². The summed E-state index contributed by atoms with van der Waals surface area (Å²) in [6.07, 6.45) is 0.521. The molecule has 0 saturated heterocycles. The van der Waals surface area contributed by atoms with Gasteiger partial charge in [-0.3, -0.25) is 0 Å². The molecule has 0 aliphatic rings. The molecule has 0 heterocycles. The van der Waals surface area contributed by atoms with Crippen molar-refractivity contribution in [2.24, 2.45) is 5.73 Å². The van der Waals surface area contributed by atoms with E-state index in [0.29, 0.717) is 23.7 Å². The first kappa shape index (κ1) is 15.7.